The van der Waals surface area contributed by atoms with E-state index in [1.54, 1.807) is 24.8 Å². The molecule has 0 spiro atoms. The average Bonchev–Trinajstić information content (AvgIpc) is 2.95. The molecule has 10 nitrogen and oxygen atoms in total. The van der Waals surface area contributed by atoms with Gasteiger partial charge in [0, 0.05) is 13.0 Å². The number of fused-ring (bicyclic) bond motifs is 1. The molecule has 0 aliphatic carbocycles. The normalized spacial score (nSPS) is 27.1. The number of hydrogen-bond acceptors (Lipinski definition) is 6. The number of benzene rings is 1. The Bertz CT molecular complexity index is 1100. The number of rotatable bonds is 9. The van der Waals surface area contributed by atoms with E-state index in [4.69, 9.17) is 0 Å². The molecule has 218 valence electrons. The van der Waals surface area contributed by atoms with Gasteiger partial charge in [-0.3, -0.25) is 24.0 Å². The molecule has 2 fully saturated rings. The van der Waals surface area contributed by atoms with Gasteiger partial charge in [-0.2, -0.15) is 0 Å². The lowest BCUT2D eigenvalue weighted by Gasteiger charge is -2.40. The summed E-state index contributed by atoms with van der Waals surface area (Å²) in [5, 5.41) is 17.9. The molecule has 4 N–H and O–H groups in total. The molecule has 1 aromatic carbocycles. The highest BCUT2D eigenvalue weighted by Gasteiger charge is 2.42. The third-order valence-electron chi connectivity index (χ3n) is 7.77. The van der Waals surface area contributed by atoms with Crippen LogP contribution in [0.1, 0.15) is 71.3 Å². The van der Waals surface area contributed by atoms with Crippen molar-refractivity contribution in [3.05, 3.63) is 48.0 Å². The summed E-state index contributed by atoms with van der Waals surface area (Å²) in [5.74, 6) is -2.06. The summed E-state index contributed by atoms with van der Waals surface area (Å²) in [6, 6.07) is 6.82. The molecule has 5 atom stereocenters. The van der Waals surface area contributed by atoms with E-state index in [1.165, 1.54) is 13.0 Å². The van der Waals surface area contributed by atoms with Gasteiger partial charge in [0.25, 0.3) is 0 Å². The van der Waals surface area contributed by atoms with Gasteiger partial charge in [-0.15, -0.1) is 0 Å². The van der Waals surface area contributed by atoms with Crippen LogP contribution in [0.4, 0.5) is 0 Å². The molecule has 2 aliphatic heterocycles. The molecule has 3 rings (SSSR count). The summed E-state index contributed by atoms with van der Waals surface area (Å²) >= 11 is 0. The van der Waals surface area contributed by atoms with Crippen LogP contribution in [0.15, 0.2) is 42.5 Å². The Labute approximate surface area is 236 Å². The smallest absolute Gasteiger partial charge is 0.246 e. The molecule has 2 aliphatic rings. The summed E-state index contributed by atoms with van der Waals surface area (Å²) < 4.78 is 0. The molecular weight excluding hydrogens is 512 g/mol. The SMILES string of the molecule is CC[C@]1(C)NC(=O)[C@H](CCC/C=C/C(=O)[C@@H](C)O)NC(=O)[C@H]2CCCCN2C(=O)[C@H](Cc2ccccc2)NC1=O. The van der Waals surface area contributed by atoms with Gasteiger partial charge in [-0.1, -0.05) is 43.3 Å². The Balaban J connectivity index is 1.87. The highest BCUT2D eigenvalue weighted by atomic mass is 16.3. The van der Waals surface area contributed by atoms with Crippen molar-refractivity contribution in [1.29, 1.82) is 0 Å². The molecule has 0 radical (unpaired) electrons. The van der Waals surface area contributed by atoms with Crippen LogP contribution in [-0.2, 0) is 30.4 Å². The van der Waals surface area contributed by atoms with Crippen LogP contribution in [0, 0.1) is 0 Å². The molecule has 2 saturated heterocycles. The number of aliphatic hydroxyl groups is 1. The second kappa shape index (κ2) is 14.2. The van der Waals surface area contributed by atoms with E-state index in [-0.39, 0.29) is 25.2 Å². The number of piperidine rings is 1. The summed E-state index contributed by atoms with van der Waals surface area (Å²) in [5.41, 5.74) is -0.433. The zero-order valence-electron chi connectivity index (χ0n) is 23.7. The Hall–Kier alpha value is -3.53. The van der Waals surface area contributed by atoms with E-state index in [1.807, 2.05) is 30.3 Å². The number of carbonyl (C=O) groups excluding carboxylic acids is 5. The van der Waals surface area contributed by atoms with Crippen LogP contribution >= 0.6 is 0 Å². The first-order valence-electron chi connectivity index (χ1n) is 14.2. The molecule has 40 heavy (non-hydrogen) atoms. The van der Waals surface area contributed by atoms with Crippen LogP contribution in [-0.4, -0.2) is 75.7 Å². The molecule has 2 heterocycles. The monoisotopic (exact) mass is 554 g/mol. The summed E-state index contributed by atoms with van der Waals surface area (Å²) in [4.78, 5) is 67.6. The molecule has 1 aromatic rings. The first-order chi connectivity index (χ1) is 19.1. The van der Waals surface area contributed by atoms with Crippen molar-refractivity contribution >= 4 is 29.4 Å². The van der Waals surface area contributed by atoms with E-state index in [0.717, 1.165) is 18.4 Å². The van der Waals surface area contributed by atoms with Gasteiger partial charge in [0.2, 0.25) is 23.6 Å². The average molecular weight is 555 g/mol. The van der Waals surface area contributed by atoms with Gasteiger partial charge >= 0.3 is 0 Å². The largest absolute Gasteiger partial charge is 0.385 e. The third kappa shape index (κ3) is 8.00. The second-order valence-corrected chi connectivity index (χ2v) is 10.9. The van der Waals surface area contributed by atoms with Gasteiger partial charge in [-0.25, -0.2) is 0 Å². The minimum atomic E-state index is -1.31. The highest BCUT2D eigenvalue weighted by molar-refractivity contribution is 5.99. The van der Waals surface area contributed by atoms with Crippen LogP contribution < -0.4 is 16.0 Å². The molecule has 10 heteroatoms. The number of aliphatic hydroxyl groups excluding tert-OH is 1. The van der Waals surface area contributed by atoms with Gasteiger partial charge < -0.3 is 26.0 Å². The van der Waals surface area contributed by atoms with Crippen LogP contribution in [0.5, 0.6) is 0 Å². The lowest BCUT2D eigenvalue weighted by atomic mass is 9.93. The summed E-state index contributed by atoms with van der Waals surface area (Å²) in [6.07, 6.45) is 5.56. The van der Waals surface area contributed by atoms with Crippen molar-refractivity contribution in [2.75, 3.05) is 6.54 Å². The molecule has 0 saturated carbocycles. The molecule has 0 aromatic heterocycles. The fraction of sp³-hybridized carbons (Fsp3) is 0.567. The maximum absolute atomic E-state index is 13.9. The molecule has 4 amide bonds. The number of hydrogen-bond donors (Lipinski definition) is 4. The predicted molar refractivity (Wildman–Crippen MR) is 150 cm³/mol. The number of allylic oxidation sites excluding steroid dienone is 1. The number of ketones is 1. The standard InChI is InChI=1S/C30H42N4O6/c1-4-30(3)29(40)32-23(19-21-13-7-5-8-14-21)28(39)34-18-12-11-16-24(34)27(38)31-22(26(37)33-30)15-9-6-10-17-25(36)20(2)35/h5,7-8,10,13-14,17,20,22-24,35H,4,6,9,11-12,15-16,18-19H2,1-3H3,(H,31,38)(H,32,40)(H,33,37)/b17-10+/t20-,22+,23+,24-,30+/m1/s1. The predicted octanol–water partition coefficient (Wildman–Crippen LogP) is 1.55. The fourth-order valence-corrected chi connectivity index (χ4v) is 5.02. The Morgan fingerprint density at radius 2 is 1.82 bits per heavy atom. The van der Waals surface area contributed by atoms with Gasteiger partial charge in [-0.05, 0) is 70.4 Å². The number of carbonyl (C=O) groups is 5. The first kappa shape index (κ1) is 31.0. The van der Waals surface area contributed by atoms with E-state index in [2.05, 4.69) is 16.0 Å². The van der Waals surface area contributed by atoms with Crippen molar-refractivity contribution in [3.8, 4) is 0 Å². The van der Waals surface area contributed by atoms with Crippen LogP contribution in [0.2, 0.25) is 0 Å². The van der Waals surface area contributed by atoms with E-state index < -0.39 is 53.3 Å². The van der Waals surface area contributed by atoms with E-state index in [0.29, 0.717) is 25.8 Å². The first-order valence-corrected chi connectivity index (χ1v) is 14.2. The molecular formula is C30H42N4O6. The highest BCUT2D eigenvalue weighted by Crippen LogP contribution is 2.22. The van der Waals surface area contributed by atoms with Gasteiger partial charge in [0.05, 0.1) is 0 Å². The van der Waals surface area contributed by atoms with Crippen LogP contribution in [0.3, 0.4) is 0 Å². The Kier molecular flexibility index (Phi) is 11.0. The third-order valence-corrected chi connectivity index (χ3v) is 7.77. The number of amides is 4. The second-order valence-electron chi connectivity index (χ2n) is 10.9. The zero-order valence-corrected chi connectivity index (χ0v) is 23.7. The molecule has 0 bridgehead atoms. The number of unbranched alkanes of at least 4 members (excludes halogenated alkanes) is 1. The topological polar surface area (TPSA) is 145 Å². The van der Waals surface area contributed by atoms with Crippen molar-refractivity contribution < 1.29 is 29.1 Å². The molecule has 0 unspecified atom stereocenters. The van der Waals surface area contributed by atoms with Crippen molar-refractivity contribution in [2.45, 2.75) is 102 Å². The van der Waals surface area contributed by atoms with Crippen molar-refractivity contribution in [1.82, 2.24) is 20.9 Å². The maximum Gasteiger partial charge on any atom is 0.246 e. The number of nitrogens with one attached hydrogen (secondary N) is 3. The van der Waals surface area contributed by atoms with E-state index >= 15 is 0 Å². The zero-order chi connectivity index (χ0) is 29.3. The Morgan fingerprint density at radius 3 is 2.50 bits per heavy atom. The number of nitrogens with zero attached hydrogens (tertiary/aromatic N) is 1. The van der Waals surface area contributed by atoms with Gasteiger partial charge in [0.15, 0.2) is 5.78 Å². The van der Waals surface area contributed by atoms with Crippen LogP contribution in [0.25, 0.3) is 0 Å². The minimum absolute atomic E-state index is 0.262. The maximum atomic E-state index is 13.9. The summed E-state index contributed by atoms with van der Waals surface area (Å²) in [6.45, 7) is 5.17. The van der Waals surface area contributed by atoms with E-state index in [9.17, 15) is 29.1 Å². The van der Waals surface area contributed by atoms with Crippen molar-refractivity contribution in [2.24, 2.45) is 0 Å². The summed E-state index contributed by atoms with van der Waals surface area (Å²) in [7, 11) is 0. The Morgan fingerprint density at radius 1 is 1.10 bits per heavy atom. The lowest BCUT2D eigenvalue weighted by Crippen LogP contribution is -2.66. The minimum Gasteiger partial charge on any atom is -0.385 e. The lowest BCUT2D eigenvalue weighted by molar-refractivity contribution is -0.147. The van der Waals surface area contributed by atoms with Gasteiger partial charge in [0.1, 0.15) is 29.8 Å². The fourth-order valence-electron chi connectivity index (χ4n) is 5.02. The van der Waals surface area contributed by atoms with Crippen molar-refractivity contribution in [3.63, 3.8) is 0 Å². The quantitative estimate of drug-likeness (QED) is 0.269.